The number of imidazole rings is 1. The molecule has 7 nitrogen and oxygen atoms in total. The minimum absolute atomic E-state index is 0.0382. The number of hydrogen-bond acceptors (Lipinski definition) is 5. The lowest BCUT2D eigenvalue weighted by Gasteiger charge is -2.24. The second kappa shape index (κ2) is 7.90. The summed E-state index contributed by atoms with van der Waals surface area (Å²) in [5, 5.41) is 11.5. The number of thioether (sulfide) groups is 1. The molecule has 3 unspecified atom stereocenters. The van der Waals surface area contributed by atoms with Crippen LogP contribution in [0.4, 0.5) is 0 Å². The van der Waals surface area contributed by atoms with Crippen molar-refractivity contribution in [3.05, 3.63) is 36.4 Å². The Balaban J connectivity index is 1.77. The Kier molecular flexibility index (Phi) is 5.61. The van der Waals surface area contributed by atoms with Gasteiger partial charge in [-0.1, -0.05) is 44.2 Å². The fourth-order valence-corrected chi connectivity index (χ4v) is 3.50. The van der Waals surface area contributed by atoms with Gasteiger partial charge in [0, 0.05) is 7.05 Å². The van der Waals surface area contributed by atoms with Crippen LogP contribution in [0.3, 0.4) is 0 Å². The number of carbonyl (C=O) groups excluding carboxylic acids is 1. The molecule has 8 heteroatoms. The molecule has 1 amide bonds. The number of aromatic amines is 1. The van der Waals surface area contributed by atoms with Gasteiger partial charge in [0.25, 0.3) is 0 Å². The number of aromatic nitrogens is 5. The Morgan fingerprint density at radius 3 is 2.77 bits per heavy atom. The Bertz CT molecular complexity index is 856. The van der Waals surface area contributed by atoms with Crippen LogP contribution in [0.2, 0.25) is 0 Å². The number of benzene rings is 1. The van der Waals surface area contributed by atoms with E-state index >= 15 is 0 Å². The van der Waals surface area contributed by atoms with E-state index in [-0.39, 0.29) is 23.1 Å². The molecule has 26 heavy (non-hydrogen) atoms. The zero-order valence-corrected chi connectivity index (χ0v) is 16.2. The number of amides is 1. The smallest absolute Gasteiger partial charge is 0.233 e. The zero-order chi connectivity index (χ0) is 18.7. The molecule has 3 atom stereocenters. The second-order valence-electron chi connectivity index (χ2n) is 6.50. The fraction of sp³-hybridized carbons (Fsp3) is 0.444. The predicted octanol–water partition coefficient (Wildman–Crippen LogP) is 3.08. The van der Waals surface area contributed by atoms with Crippen molar-refractivity contribution in [2.45, 2.75) is 43.6 Å². The lowest BCUT2D eigenvalue weighted by atomic mass is 9.98. The predicted molar refractivity (Wildman–Crippen MR) is 103 cm³/mol. The molecule has 0 fully saturated rings. The summed E-state index contributed by atoms with van der Waals surface area (Å²) in [5.74, 6) is 1.01. The molecule has 0 spiro atoms. The van der Waals surface area contributed by atoms with Crippen molar-refractivity contribution in [1.82, 2.24) is 30.0 Å². The van der Waals surface area contributed by atoms with Crippen molar-refractivity contribution < 1.29 is 4.79 Å². The normalized spacial score (nSPS) is 14.9. The monoisotopic (exact) mass is 372 g/mol. The number of nitrogens with zero attached hydrogens (tertiary/aromatic N) is 4. The molecule has 0 bridgehead atoms. The first kappa shape index (κ1) is 18.4. The number of carbonyl (C=O) groups is 1. The minimum Gasteiger partial charge on any atom is -0.345 e. The fourth-order valence-electron chi connectivity index (χ4n) is 2.70. The van der Waals surface area contributed by atoms with Crippen LogP contribution in [0, 0.1) is 5.92 Å². The topological polar surface area (TPSA) is 88.5 Å². The molecule has 2 heterocycles. The molecule has 3 aromatic rings. The molecule has 0 aliphatic carbocycles. The maximum atomic E-state index is 12.8. The van der Waals surface area contributed by atoms with Gasteiger partial charge in [-0.15, -0.1) is 10.2 Å². The van der Waals surface area contributed by atoms with E-state index < -0.39 is 0 Å². The van der Waals surface area contributed by atoms with Gasteiger partial charge in [0.05, 0.1) is 22.3 Å². The van der Waals surface area contributed by atoms with Crippen LogP contribution >= 0.6 is 11.8 Å². The molecule has 2 aromatic heterocycles. The van der Waals surface area contributed by atoms with Gasteiger partial charge in [-0.3, -0.25) is 4.79 Å². The van der Waals surface area contributed by atoms with Crippen molar-refractivity contribution in [2.75, 3.05) is 0 Å². The van der Waals surface area contributed by atoms with E-state index in [9.17, 15) is 4.79 Å². The van der Waals surface area contributed by atoms with Crippen LogP contribution < -0.4 is 5.32 Å². The highest BCUT2D eigenvalue weighted by molar-refractivity contribution is 8.00. The number of fused-ring (bicyclic) bond motifs is 1. The number of aryl methyl sites for hydroxylation is 1. The Labute approximate surface area is 157 Å². The summed E-state index contributed by atoms with van der Waals surface area (Å²) >= 11 is 1.39. The number of para-hydroxylation sites is 2. The highest BCUT2D eigenvalue weighted by Crippen LogP contribution is 2.26. The molecule has 0 radical (unpaired) electrons. The largest absolute Gasteiger partial charge is 0.345 e. The third-order valence-electron chi connectivity index (χ3n) is 4.53. The van der Waals surface area contributed by atoms with Crippen molar-refractivity contribution in [3.63, 3.8) is 0 Å². The first-order chi connectivity index (χ1) is 12.5. The molecule has 2 N–H and O–H groups in total. The molecule has 138 valence electrons. The van der Waals surface area contributed by atoms with Crippen molar-refractivity contribution in [1.29, 1.82) is 0 Å². The zero-order valence-electron chi connectivity index (χ0n) is 15.4. The highest BCUT2D eigenvalue weighted by Gasteiger charge is 2.26. The van der Waals surface area contributed by atoms with Crippen LogP contribution in [-0.2, 0) is 11.8 Å². The summed E-state index contributed by atoms with van der Waals surface area (Å²) in [6.45, 7) is 6.11. The molecule has 1 aromatic carbocycles. The van der Waals surface area contributed by atoms with Gasteiger partial charge in [-0.2, -0.15) is 0 Å². The third-order valence-corrected chi connectivity index (χ3v) is 5.68. The quantitative estimate of drug-likeness (QED) is 0.622. The Hall–Kier alpha value is -2.35. The van der Waals surface area contributed by atoms with Crippen LogP contribution in [0.1, 0.15) is 39.1 Å². The number of nitrogens with one attached hydrogen (secondary N) is 2. The molecular formula is C18H24N6OS. The summed E-state index contributed by atoms with van der Waals surface area (Å²) in [6.07, 6.45) is 2.57. The maximum absolute atomic E-state index is 12.8. The number of H-pyrrole nitrogens is 1. The molecule has 3 rings (SSSR count). The van der Waals surface area contributed by atoms with E-state index in [0.29, 0.717) is 0 Å². The van der Waals surface area contributed by atoms with Gasteiger partial charge in [-0.25, -0.2) is 4.98 Å². The van der Waals surface area contributed by atoms with Crippen LogP contribution in [0.25, 0.3) is 11.0 Å². The SMILES string of the molecule is CCC(C)C(NC(=O)C(C)Sc1nncn1C)c1nc2ccccc2[nH]1. The lowest BCUT2D eigenvalue weighted by molar-refractivity contribution is -0.121. The summed E-state index contributed by atoms with van der Waals surface area (Å²) in [7, 11) is 1.86. The van der Waals surface area contributed by atoms with Crippen LogP contribution in [0.5, 0.6) is 0 Å². The Morgan fingerprint density at radius 1 is 1.35 bits per heavy atom. The van der Waals surface area contributed by atoms with Crippen molar-refractivity contribution in [3.8, 4) is 0 Å². The number of hydrogen-bond donors (Lipinski definition) is 2. The van der Waals surface area contributed by atoms with Gasteiger partial charge in [0.1, 0.15) is 12.2 Å². The van der Waals surface area contributed by atoms with E-state index in [4.69, 9.17) is 0 Å². The molecule has 0 saturated carbocycles. The summed E-state index contributed by atoms with van der Waals surface area (Å²) < 4.78 is 1.81. The van der Waals surface area contributed by atoms with E-state index in [1.54, 1.807) is 10.9 Å². The molecule has 0 saturated heterocycles. The maximum Gasteiger partial charge on any atom is 0.233 e. The van der Waals surface area contributed by atoms with Crippen molar-refractivity contribution >= 4 is 28.7 Å². The average molecular weight is 372 g/mol. The minimum atomic E-state index is -0.283. The van der Waals surface area contributed by atoms with Gasteiger partial charge in [-0.05, 0) is 25.0 Å². The van der Waals surface area contributed by atoms with E-state index in [1.807, 2.05) is 38.2 Å². The number of rotatable bonds is 7. The lowest BCUT2D eigenvalue weighted by Crippen LogP contribution is -2.37. The molecule has 0 aliphatic rings. The van der Waals surface area contributed by atoms with Crippen LogP contribution in [0.15, 0.2) is 35.7 Å². The standard InChI is InChI=1S/C18H24N6OS/c1-5-11(2)15(16-20-13-8-6-7-9-14(13)21-16)22-17(25)12(3)26-18-23-19-10-24(18)4/h6-12,15H,5H2,1-4H3,(H,20,21)(H,22,25). The average Bonchev–Trinajstić information content (AvgIpc) is 3.24. The van der Waals surface area contributed by atoms with E-state index in [2.05, 4.69) is 39.3 Å². The van der Waals surface area contributed by atoms with E-state index in [1.165, 1.54) is 11.8 Å². The van der Waals surface area contributed by atoms with Crippen LogP contribution in [-0.4, -0.2) is 35.9 Å². The Morgan fingerprint density at radius 2 is 2.12 bits per heavy atom. The molecular weight excluding hydrogens is 348 g/mol. The molecule has 0 aliphatic heterocycles. The third kappa shape index (κ3) is 3.90. The van der Waals surface area contributed by atoms with Gasteiger partial charge >= 0.3 is 0 Å². The van der Waals surface area contributed by atoms with Crippen molar-refractivity contribution in [2.24, 2.45) is 13.0 Å². The summed E-state index contributed by atoms with van der Waals surface area (Å²) in [4.78, 5) is 20.8. The van der Waals surface area contributed by atoms with Gasteiger partial charge < -0.3 is 14.9 Å². The highest BCUT2D eigenvalue weighted by atomic mass is 32.2. The van der Waals surface area contributed by atoms with Gasteiger partial charge in [0.2, 0.25) is 5.91 Å². The summed E-state index contributed by atoms with van der Waals surface area (Å²) in [5.41, 5.74) is 1.89. The second-order valence-corrected chi connectivity index (χ2v) is 7.80. The van der Waals surface area contributed by atoms with E-state index in [0.717, 1.165) is 28.4 Å². The first-order valence-corrected chi connectivity index (χ1v) is 9.63. The van der Waals surface area contributed by atoms with Gasteiger partial charge in [0.15, 0.2) is 5.16 Å². The first-order valence-electron chi connectivity index (χ1n) is 8.75. The summed E-state index contributed by atoms with van der Waals surface area (Å²) in [6, 6.07) is 7.73.